The van der Waals surface area contributed by atoms with Crippen molar-refractivity contribution >= 4 is 34.7 Å². The number of amidine groups is 1. The Kier molecular flexibility index (Phi) is 4.21. The van der Waals surface area contributed by atoms with E-state index in [-0.39, 0.29) is 64.6 Å². The number of allylic oxidation sites excluding steroid dienone is 1. The van der Waals surface area contributed by atoms with E-state index in [2.05, 4.69) is 10.3 Å². The molecule has 3 aliphatic heterocycles. The van der Waals surface area contributed by atoms with Gasteiger partial charge in [0.25, 0.3) is 5.69 Å². The number of non-ortho nitro benzene ring substituents is 1. The molecule has 3 N–H and O–H groups in total. The molecule has 0 saturated heterocycles. The molecule has 0 radical (unpaired) electrons. The number of aliphatic imine (C=N–C) groups is 1. The number of likely N-dealkylation sites (N-methyl/N-ethyl adjacent to an activating group) is 1. The summed E-state index contributed by atoms with van der Waals surface area (Å²) >= 11 is 0. The van der Waals surface area contributed by atoms with E-state index < -0.39 is 22.0 Å². The molecular formula is C23H23N5O5. The number of benzene rings is 1. The summed E-state index contributed by atoms with van der Waals surface area (Å²) in [5, 5.41) is 14.7. The van der Waals surface area contributed by atoms with Gasteiger partial charge in [0.2, 0.25) is 5.91 Å². The second-order valence-electron chi connectivity index (χ2n) is 9.60. The number of Topliss-reactive ketones (excluding diaryl/α,β-unsaturated/α-hetero) is 2. The van der Waals surface area contributed by atoms with Crippen LogP contribution < -0.4 is 16.0 Å². The molecule has 4 aliphatic rings. The minimum absolute atomic E-state index is 0.0335. The molecule has 0 bridgehead atoms. The van der Waals surface area contributed by atoms with Gasteiger partial charge in [-0.05, 0) is 24.8 Å². The number of anilines is 1. The average molecular weight is 449 g/mol. The minimum Gasteiger partial charge on any atom is -0.387 e. The van der Waals surface area contributed by atoms with Crippen LogP contribution >= 0.6 is 0 Å². The quantitative estimate of drug-likeness (QED) is 0.518. The van der Waals surface area contributed by atoms with Crippen LogP contribution in [0.15, 0.2) is 45.9 Å². The number of nitrogens with two attached hydrogens (primary N) is 1. The van der Waals surface area contributed by atoms with Crippen LogP contribution in [0.5, 0.6) is 0 Å². The third kappa shape index (κ3) is 2.66. The van der Waals surface area contributed by atoms with Crippen LogP contribution in [-0.2, 0) is 19.8 Å². The summed E-state index contributed by atoms with van der Waals surface area (Å²) < 4.78 is 0. The lowest BCUT2D eigenvalue weighted by Gasteiger charge is -2.44. The number of amides is 1. The topological polar surface area (TPSA) is 148 Å². The van der Waals surface area contributed by atoms with E-state index in [0.29, 0.717) is 17.8 Å². The lowest BCUT2D eigenvalue weighted by molar-refractivity contribution is -0.384. The van der Waals surface area contributed by atoms with Crippen molar-refractivity contribution in [1.29, 1.82) is 0 Å². The molecule has 5 rings (SSSR count). The normalized spacial score (nSPS) is 25.6. The van der Waals surface area contributed by atoms with E-state index in [0.717, 1.165) is 0 Å². The standard InChI is InChI=1S/C23H23N5O5/c1-4-27-14-6-5-11(28(32)33)7-12(14)23(21(27)31)18-13(9-22(2,3)10-16(18)30)25-20-19(23)15(29)8-17(24)26-20/h5-7,25H,4,8-10H2,1-3H3,(H2,24,26). The lowest BCUT2D eigenvalue weighted by Crippen LogP contribution is -2.54. The molecule has 1 atom stereocenters. The van der Waals surface area contributed by atoms with Gasteiger partial charge in [0.15, 0.2) is 11.6 Å². The first-order valence-electron chi connectivity index (χ1n) is 10.8. The number of rotatable bonds is 2. The van der Waals surface area contributed by atoms with Crippen molar-refractivity contribution in [3.05, 3.63) is 56.5 Å². The first kappa shape index (κ1) is 21.0. The third-order valence-corrected chi connectivity index (χ3v) is 6.78. The van der Waals surface area contributed by atoms with Gasteiger partial charge in [0, 0.05) is 47.6 Å². The second-order valence-corrected chi connectivity index (χ2v) is 9.60. The van der Waals surface area contributed by atoms with Crippen LogP contribution in [0.25, 0.3) is 0 Å². The molecule has 1 amide bonds. The van der Waals surface area contributed by atoms with E-state index in [9.17, 15) is 24.5 Å². The summed E-state index contributed by atoms with van der Waals surface area (Å²) in [5.74, 6) is -0.933. The van der Waals surface area contributed by atoms with E-state index in [4.69, 9.17) is 5.73 Å². The Bertz CT molecular complexity index is 1290. The molecule has 1 aromatic carbocycles. The smallest absolute Gasteiger partial charge is 0.269 e. The van der Waals surface area contributed by atoms with Crippen molar-refractivity contribution in [2.24, 2.45) is 16.1 Å². The maximum absolute atomic E-state index is 14.2. The van der Waals surface area contributed by atoms with Crippen LogP contribution in [0.4, 0.5) is 11.4 Å². The average Bonchev–Trinajstić information content (AvgIpc) is 2.93. The van der Waals surface area contributed by atoms with Gasteiger partial charge in [0.05, 0.1) is 16.9 Å². The Labute approximate surface area is 189 Å². The molecule has 10 heteroatoms. The Balaban J connectivity index is 1.93. The summed E-state index contributed by atoms with van der Waals surface area (Å²) in [6.45, 7) is 5.94. The highest BCUT2D eigenvalue weighted by molar-refractivity contribution is 6.26. The van der Waals surface area contributed by atoms with Gasteiger partial charge in [0.1, 0.15) is 17.1 Å². The van der Waals surface area contributed by atoms with Gasteiger partial charge < -0.3 is 16.0 Å². The molecule has 3 heterocycles. The van der Waals surface area contributed by atoms with Gasteiger partial charge in [-0.1, -0.05) is 13.8 Å². The van der Waals surface area contributed by atoms with Gasteiger partial charge in [-0.3, -0.25) is 24.5 Å². The van der Waals surface area contributed by atoms with Gasteiger partial charge in [-0.25, -0.2) is 4.99 Å². The predicted octanol–water partition coefficient (Wildman–Crippen LogP) is 1.99. The molecule has 0 fully saturated rings. The molecule has 0 saturated carbocycles. The maximum Gasteiger partial charge on any atom is 0.269 e. The van der Waals surface area contributed by atoms with Gasteiger partial charge >= 0.3 is 0 Å². The van der Waals surface area contributed by atoms with Gasteiger partial charge in [-0.2, -0.15) is 0 Å². The Morgan fingerprint density at radius 2 is 1.91 bits per heavy atom. The zero-order valence-electron chi connectivity index (χ0n) is 18.5. The SMILES string of the molecule is CCN1C(=O)C2(C3=C(CC(C)(C)CC3=O)NC3=C2C(=O)CC(N)=N3)c2cc([N+](=O)[O-])ccc21. The van der Waals surface area contributed by atoms with Crippen molar-refractivity contribution in [1.82, 2.24) is 5.32 Å². The van der Waals surface area contributed by atoms with E-state index in [1.807, 2.05) is 13.8 Å². The fourth-order valence-corrected chi connectivity index (χ4v) is 5.63. The number of carbonyl (C=O) groups is 3. The number of nitrogens with one attached hydrogen (secondary N) is 1. The molecule has 1 spiro atoms. The number of carbonyl (C=O) groups excluding carboxylic acids is 3. The summed E-state index contributed by atoms with van der Waals surface area (Å²) in [6.07, 6.45) is 0.426. The zero-order valence-corrected chi connectivity index (χ0v) is 18.5. The van der Waals surface area contributed by atoms with Crippen LogP contribution in [0.2, 0.25) is 0 Å². The molecular weight excluding hydrogens is 426 g/mol. The Morgan fingerprint density at radius 3 is 2.58 bits per heavy atom. The van der Waals surface area contributed by atoms with Crippen molar-refractivity contribution in [3.8, 4) is 0 Å². The number of hydrogen-bond acceptors (Lipinski definition) is 8. The van der Waals surface area contributed by atoms with Crippen LogP contribution in [0.3, 0.4) is 0 Å². The second kappa shape index (κ2) is 6.60. The fraction of sp³-hybridized carbons (Fsp3) is 0.391. The highest BCUT2D eigenvalue weighted by atomic mass is 16.6. The number of nitro benzene ring substituents is 1. The predicted molar refractivity (Wildman–Crippen MR) is 119 cm³/mol. The van der Waals surface area contributed by atoms with E-state index in [1.165, 1.54) is 23.1 Å². The van der Waals surface area contributed by atoms with E-state index in [1.54, 1.807) is 6.92 Å². The first-order valence-corrected chi connectivity index (χ1v) is 10.8. The number of hydrogen-bond donors (Lipinski definition) is 2. The van der Waals surface area contributed by atoms with Crippen LogP contribution in [-0.4, -0.2) is 34.8 Å². The highest BCUT2D eigenvalue weighted by Gasteiger charge is 2.63. The molecule has 1 aromatic rings. The monoisotopic (exact) mass is 449 g/mol. The van der Waals surface area contributed by atoms with Crippen molar-refractivity contribution < 1.29 is 19.3 Å². The summed E-state index contributed by atoms with van der Waals surface area (Å²) in [5.41, 5.74) is 4.94. The Morgan fingerprint density at radius 1 is 1.18 bits per heavy atom. The minimum atomic E-state index is -1.79. The van der Waals surface area contributed by atoms with Crippen LogP contribution in [0, 0.1) is 15.5 Å². The molecule has 1 aliphatic carbocycles. The van der Waals surface area contributed by atoms with Crippen molar-refractivity contribution in [2.45, 2.75) is 45.4 Å². The molecule has 1 unspecified atom stereocenters. The highest BCUT2D eigenvalue weighted by Crippen LogP contribution is 2.58. The number of ketones is 2. The number of nitro groups is 1. The number of fused-ring (bicyclic) bond motifs is 4. The Hall–Kier alpha value is -3.82. The summed E-state index contributed by atoms with van der Waals surface area (Å²) in [4.78, 5) is 58.1. The van der Waals surface area contributed by atoms with E-state index >= 15 is 0 Å². The molecule has 170 valence electrons. The summed E-state index contributed by atoms with van der Waals surface area (Å²) in [6, 6.07) is 4.14. The van der Waals surface area contributed by atoms with Crippen molar-refractivity contribution in [3.63, 3.8) is 0 Å². The molecule has 33 heavy (non-hydrogen) atoms. The number of dihydropyridines is 1. The third-order valence-electron chi connectivity index (χ3n) is 6.78. The summed E-state index contributed by atoms with van der Waals surface area (Å²) in [7, 11) is 0. The maximum atomic E-state index is 14.2. The molecule has 0 aromatic heterocycles. The zero-order chi connectivity index (χ0) is 23.9. The largest absolute Gasteiger partial charge is 0.387 e. The lowest BCUT2D eigenvalue weighted by atomic mass is 9.59. The van der Waals surface area contributed by atoms with Crippen molar-refractivity contribution in [2.75, 3.05) is 11.4 Å². The van der Waals surface area contributed by atoms with Crippen LogP contribution in [0.1, 0.15) is 45.6 Å². The first-order chi connectivity index (χ1) is 15.5. The molecule has 10 nitrogen and oxygen atoms in total. The fourth-order valence-electron chi connectivity index (χ4n) is 5.63. The number of nitrogens with zero attached hydrogens (tertiary/aromatic N) is 3. The van der Waals surface area contributed by atoms with Gasteiger partial charge in [-0.15, -0.1) is 0 Å².